The van der Waals surface area contributed by atoms with E-state index < -0.39 is 5.97 Å². The van der Waals surface area contributed by atoms with E-state index in [1.807, 2.05) is 0 Å². The van der Waals surface area contributed by atoms with Crippen LogP contribution >= 0.6 is 0 Å². The fraction of sp³-hybridized carbons (Fsp3) is 0. The number of carboxylic acids is 1. The van der Waals surface area contributed by atoms with E-state index in [4.69, 9.17) is 5.11 Å². The number of phenolic OH excluding ortho intramolecular Hbond substituents is 2. The molecule has 3 N–H and O–H groups in total. The molecule has 0 aromatic heterocycles. The molecular weight excluding hydrogens is 292 g/mol. The fourth-order valence-corrected chi connectivity index (χ4v) is 2.46. The predicted octanol–water partition coefficient (Wildman–Crippen LogP) is 4.13. The molecular formula is C19H14O4. The van der Waals surface area contributed by atoms with Crippen LogP contribution < -0.4 is 0 Å². The Hall–Kier alpha value is -3.27. The fourth-order valence-electron chi connectivity index (χ4n) is 2.46. The van der Waals surface area contributed by atoms with Crippen molar-refractivity contribution in [2.24, 2.45) is 0 Å². The van der Waals surface area contributed by atoms with E-state index in [2.05, 4.69) is 0 Å². The number of benzene rings is 3. The second-order valence-electron chi connectivity index (χ2n) is 5.16. The largest absolute Gasteiger partial charge is 0.508 e. The zero-order valence-electron chi connectivity index (χ0n) is 12.1. The molecule has 0 atom stereocenters. The van der Waals surface area contributed by atoms with Crippen LogP contribution in [0.5, 0.6) is 11.5 Å². The number of aromatic hydroxyl groups is 2. The van der Waals surface area contributed by atoms with Crippen molar-refractivity contribution in [3.8, 4) is 33.8 Å². The number of hydrogen-bond acceptors (Lipinski definition) is 3. The van der Waals surface area contributed by atoms with Crippen LogP contribution in [0.15, 0.2) is 66.7 Å². The first kappa shape index (κ1) is 14.7. The van der Waals surface area contributed by atoms with E-state index >= 15 is 0 Å². The number of phenols is 2. The standard InChI is InChI=1S/C19H14O4/c20-15-7-5-12(6-8-15)17-10-9-16(21)11-18(17)13-1-3-14(4-2-13)19(22)23/h1-11,20-21H,(H,22,23). The highest BCUT2D eigenvalue weighted by Crippen LogP contribution is 2.35. The molecule has 0 aliphatic heterocycles. The van der Waals surface area contributed by atoms with Crippen molar-refractivity contribution < 1.29 is 20.1 Å². The topological polar surface area (TPSA) is 77.8 Å². The van der Waals surface area contributed by atoms with Gasteiger partial charge in [0.15, 0.2) is 0 Å². The highest BCUT2D eigenvalue weighted by Gasteiger charge is 2.10. The maximum absolute atomic E-state index is 11.0. The van der Waals surface area contributed by atoms with Crippen molar-refractivity contribution in [2.75, 3.05) is 0 Å². The summed E-state index contributed by atoms with van der Waals surface area (Å²) in [5.74, 6) is -0.670. The Balaban J connectivity index is 2.12. The van der Waals surface area contributed by atoms with Crippen LogP contribution in [0, 0.1) is 0 Å². The lowest BCUT2D eigenvalue weighted by Gasteiger charge is -2.11. The van der Waals surface area contributed by atoms with Gasteiger partial charge in [-0.3, -0.25) is 0 Å². The van der Waals surface area contributed by atoms with E-state index in [0.717, 1.165) is 22.3 Å². The maximum Gasteiger partial charge on any atom is 0.335 e. The van der Waals surface area contributed by atoms with Crippen LogP contribution in [0.25, 0.3) is 22.3 Å². The molecule has 0 heterocycles. The van der Waals surface area contributed by atoms with Gasteiger partial charge in [0.1, 0.15) is 11.5 Å². The summed E-state index contributed by atoms with van der Waals surface area (Å²) >= 11 is 0. The van der Waals surface area contributed by atoms with Gasteiger partial charge >= 0.3 is 5.97 Å². The Labute approximate surface area is 132 Å². The number of carbonyl (C=O) groups is 1. The molecule has 0 saturated heterocycles. The Morgan fingerprint density at radius 2 is 1.17 bits per heavy atom. The molecule has 4 nitrogen and oxygen atoms in total. The van der Waals surface area contributed by atoms with Gasteiger partial charge in [-0.25, -0.2) is 4.79 Å². The van der Waals surface area contributed by atoms with Crippen LogP contribution in [-0.2, 0) is 0 Å². The van der Waals surface area contributed by atoms with Gasteiger partial charge in [-0.15, -0.1) is 0 Å². The van der Waals surface area contributed by atoms with Gasteiger partial charge in [0.05, 0.1) is 5.56 Å². The monoisotopic (exact) mass is 306 g/mol. The summed E-state index contributed by atoms with van der Waals surface area (Å²) in [6, 6.07) is 18.3. The second kappa shape index (κ2) is 5.85. The average molecular weight is 306 g/mol. The molecule has 0 fully saturated rings. The maximum atomic E-state index is 11.0. The van der Waals surface area contributed by atoms with Gasteiger partial charge in [0.2, 0.25) is 0 Å². The third-order valence-electron chi connectivity index (χ3n) is 3.62. The van der Waals surface area contributed by atoms with E-state index in [1.165, 1.54) is 12.1 Å². The highest BCUT2D eigenvalue weighted by molar-refractivity contribution is 5.90. The average Bonchev–Trinajstić information content (AvgIpc) is 2.56. The minimum absolute atomic E-state index is 0.129. The zero-order valence-corrected chi connectivity index (χ0v) is 12.1. The van der Waals surface area contributed by atoms with Gasteiger partial charge in [-0.1, -0.05) is 30.3 Å². The molecule has 0 amide bonds. The van der Waals surface area contributed by atoms with Crippen molar-refractivity contribution in [3.63, 3.8) is 0 Å². The molecule has 0 saturated carbocycles. The van der Waals surface area contributed by atoms with E-state index in [1.54, 1.807) is 54.6 Å². The summed E-state index contributed by atoms with van der Waals surface area (Å²) < 4.78 is 0. The van der Waals surface area contributed by atoms with Crippen molar-refractivity contribution >= 4 is 5.97 Å². The van der Waals surface area contributed by atoms with Crippen LogP contribution in [0.3, 0.4) is 0 Å². The van der Waals surface area contributed by atoms with Crippen LogP contribution in [0.1, 0.15) is 10.4 Å². The summed E-state index contributed by atoms with van der Waals surface area (Å²) in [5.41, 5.74) is 3.56. The Bertz CT molecular complexity index is 850. The lowest BCUT2D eigenvalue weighted by atomic mass is 9.94. The molecule has 0 radical (unpaired) electrons. The third-order valence-corrected chi connectivity index (χ3v) is 3.62. The first-order valence-electron chi connectivity index (χ1n) is 7.01. The molecule has 4 heteroatoms. The molecule has 0 bridgehead atoms. The minimum atomic E-state index is -0.980. The lowest BCUT2D eigenvalue weighted by Crippen LogP contribution is -1.95. The molecule has 23 heavy (non-hydrogen) atoms. The Morgan fingerprint density at radius 1 is 0.652 bits per heavy atom. The summed E-state index contributed by atoms with van der Waals surface area (Å²) in [6.07, 6.45) is 0. The summed E-state index contributed by atoms with van der Waals surface area (Å²) in [6.45, 7) is 0. The van der Waals surface area contributed by atoms with Crippen molar-refractivity contribution in [2.45, 2.75) is 0 Å². The van der Waals surface area contributed by atoms with Crippen molar-refractivity contribution in [1.29, 1.82) is 0 Å². The van der Waals surface area contributed by atoms with Crippen molar-refractivity contribution in [1.82, 2.24) is 0 Å². The number of rotatable bonds is 3. The Morgan fingerprint density at radius 3 is 1.78 bits per heavy atom. The molecule has 0 aliphatic carbocycles. The Kier molecular flexibility index (Phi) is 3.73. The SMILES string of the molecule is O=C(O)c1ccc(-c2cc(O)ccc2-c2ccc(O)cc2)cc1. The molecule has 3 rings (SSSR count). The normalized spacial score (nSPS) is 10.4. The molecule has 114 valence electrons. The van der Waals surface area contributed by atoms with E-state index in [-0.39, 0.29) is 17.1 Å². The highest BCUT2D eigenvalue weighted by atomic mass is 16.4. The van der Waals surface area contributed by atoms with Crippen LogP contribution in [0.2, 0.25) is 0 Å². The van der Waals surface area contributed by atoms with Gasteiger partial charge < -0.3 is 15.3 Å². The van der Waals surface area contributed by atoms with Crippen LogP contribution in [0.4, 0.5) is 0 Å². The van der Waals surface area contributed by atoms with Gasteiger partial charge in [-0.2, -0.15) is 0 Å². The minimum Gasteiger partial charge on any atom is -0.508 e. The summed E-state index contributed by atoms with van der Waals surface area (Å²) in [5, 5.41) is 28.2. The molecule has 0 aliphatic rings. The summed E-state index contributed by atoms with van der Waals surface area (Å²) in [4.78, 5) is 11.0. The lowest BCUT2D eigenvalue weighted by molar-refractivity contribution is 0.0697. The second-order valence-corrected chi connectivity index (χ2v) is 5.16. The molecule has 3 aromatic carbocycles. The van der Waals surface area contributed by atoms with Gasteiger partial charge in [0.25, 0.3) is 0 Å². The molecule has 3 aromatic rings. The zero-order chi connectivity index (χ0) is 16.4. The number of carboxylic acid groups (broad SMARTS) is 1. The molecule has 0 unspecified atom stereocenters. The quantitative estimate of drug-likeness (QED) is 0.680. The first-order chi connectivity index (χ1) is 11.0. The van der Waals surface area contributed by atoms with E-state index in [9.17, 15) is 15.0 Å². The van der Waals surface area contributed by atoms with E-state index in [0.29, 0.717) is 0 Å². The smallest absolute Gasteiger partial charge is 0.335 e. The number of aromatic carboxylic acids is 1. The van der Waals surface area contributed by atoms with Gasteiger partial charge in [0, 0.05) is 0 Å². The third kappa shape index (κ3) is 3.01. The summed E-state index contributed by atoms with van der Waals surface area (Å²) in [7, 11) is 0. The molecule has 0 spiro atoms. The predicted molar refractivity (Wildman–Crippen MR) is 87.6 cm³/mol. The van der Waals surface area contributed by atoms with Crippen LogP contribution in [-0.4, -0.2) is 21.3 Å². The van der Waals surface area contributed by atoms with Crippen molar-refractivity contribution in [3.05, 3.63) is 72.3 Å². The number of hydrogen-bond donors (Lipinski definition) is 3. The first-order valence-corrected chi connectivity index (χ1v) is 7.01. The van der Waals surface area contributed by atoms with Gasteiger partial charge in [-0.05, 0) is 58.7 Å².